The van der Waals surface area contributed by atoms with Crippen LogP contribution in [0.4, 0.5) is 0 Å². The van der Waals surface area contributed by atoms with Crippen LogP contribution in [0, 0.1) is 13.8 Å². The number of carbonyl (C=O) groups excluding carboxylic acids is 1. The minimum Gasteiger partial charge on any atom is -0.481 e. The number of esters is 1. The number of nitrogens with zero attached hydrogens (tertiary/aromatic N) is 2. The number of nitrogens with one attached hydrogen (secondary N) is 1. The molecule has 152 valence electrons. The van der Waals surface area contributed by atoms with E-state index in [9.17, 15) is 4.79 Å². The fraction of sp³-hybridized carbons (Fsp3) is 0.650. The number of piperazine rings is 1. The molecular weight excluding hydrogens is 366 g/mol. The molecule has 0 saturated carbocycles. The van der Waals surface area contributed by atoms with Crippen molar-refractivity contribution in [1.82, 2.24) is 15.1 Å². The second-order valence-corrected chi connectivity index (χ2v) is 7.39. The van der Waals surface area contributed by atoms with Crippen LogP contribution in [0.3, 0.4) is 0 Å². The number of aryl methyl sites for hydroxylation is 2. The van der Waals surface area contributed by atoms with Crippen LogP contribution in [-0.4, -0.2) is 74.8 Å². The number of methoxy groups -OCH3 is 1. The number of benzene rings is 1. The summed E-state index contributed by atoms with van der Waals surface area (Å²) in [6.45, 7) is 11.9. The summed E-state index contributed by atoms with van der Waals surface area (Å²) in [5, 5.41) is 3.43. The molecule has 2 fully saturated rings. The van der Waals surface area contributed by atoms with Crippen molar-refractivity contribution in [3.63, 3.8) is 0 Å². The highest BCUT2D eigenvalue weighted by Crippen LogP contribution is 2.26. The number of ether oxygens (including phenoxy) is 2. The standard InChI is InChI=1S/C20H31N3O3.ClH/c1-15-10-17(11-16(2)20(15)26-14-19(24)25-3)12-22-7-4-18(13-22)23-8-5-21-6-9-23;/h10-11,18,21H,4-9,12-14H2,1-3H3;1H. The third-order valence-corrected chi connectivity index (χ3v) is 5.40. The Balaban J connectivity index is 0.00000261. The van der Waals surface area contributed by atoms with Gasteiger partial charge in [-0.3, -0.25) is 9.80 Å². The molecule has 2 aliphatic heterocycles. The molecule has 0 spiro atoms. The van der Waals surface area contributed by atoms with Crippen LogP contribution in [0.25, 0.3) is 0 Å². The topological polar surface area (TPSA) is 54.0 Å². The van der Waals surface area contributed by atoms with Gasteiger partial charge in [0.15, 0.2) is 6.61 Å². The average Bonchev–Trinajstić information content (AvgIpc) is 3.10. The van der Waals surface area contributed by atoms with Crippen molar-refractivity contribution in [3.05, 3.63) is 28.8 Å². The molecule has 0 aliphatic carbocycles. The van der Waals surface area contributed by atoms with Gasteiger partial charge in [0, 0.05) is 51.9 Å². The van der Waals surface area contributed by atoms with Crippen LogP contribution in [0.2, 0.25) is 0 Å². The molecular formula is C20H32ClN3O3. The normalized spacial score (nSPS) is 20.9. The van der Waals surface area contributed by atoms with Gasteiger partial charge in [0.1, 0.15) is 5.75 Å². The molecule has 3 rings (SSSR count). The van der Waals surface area contributed by atoms with Gasteiger partial charge in [0.05, 0.1) is 7.11 Å². The van der Waals surface area contributed by atoms with E-state index in [1.807, 2.05) is 13.8 Å². The Hall–Kier alpha value is -1.34. The number of carbonyl (C=O) groups is 1. The fourth-order valence-electron chi connectivity index (χ4n) is 4.11. The van der Waals surface area contributed by atoms with Crippen molar-refractivity contribution in [3.8, 4) is 5.75 Å². The van der Waals surface area contributed by atoms with Crippen molar-refractivity contribution in [1.29, 1.82) is 0 Å². The zero-order valence-corrected chi connectivity index (χ0v) is 17.4. The summed E-state index contributed by atoms with van der Waals surface area (Å²) in [6, 6.07) is 5.05. The molecule has 0 radical (unpaired) electrons. The molecule has 0 amide bonds. The number of hydrogen-bond donors (Lipinski definition) is 1. The van der Waals surface area contributed by atoms with Crippen molar-refractivity contribution in [2.24, 2.45) is 0 Å². The maximum absolute atomic E-state index is 11.3. The van der Waals surface area contributed by atoms with Gasteiger partial charge in [-0.05, 0) is 37.0 Å². The Morgan fingerprint density at radius 1 is 1.19 bits per heavy atom. The second-order valence-electron chi connectivity index (χ2n) is 7.39. The van der Waals surface area contributed by atoms with Gasteiger partial charge in [-0.15, -0.1) is 12.4 Å². The van der Waals surface area contributed by atoms with Crippen LogP contribution in [0.5, 0.6) is 5.75 Å². The molecule has 0 bridgehead atoms. The minimum atomic E-state index is -0.358. The number of rotatable bonds is 6. The van der Waals surface area contributed by atoms with Crippen molar-refractivity contribution in [2.75, 3.05) is 53.0 Å². The maximum Gasteiger partial charge on any atom is 0.343 e. The Morgan fingerprint density at radius 2 is 1.85 bits per heavy atom. The third-order valence-electron chi connectivity index (χ3n) is 5.40. The summed E-state index contributed by atoms with van der Waals surface area (Å²) in [5.74, 6) is 0.433. The van der Waals surface area contributed by atoms with Crippen molar-refractivity contribution < 1.29 is 14.3 Å². The summed E-state index contributed by atoms with van der Waals surface area (Å²) < 4.78 is 10.3. The zero-order chi connectivity index (χ0) is 18.5. The van der Waals surface area contributed by atoms with Gasteiger partial charge in [-0.2, -0.15) is 0 Å². The summed E-state index contributed by atoms with van der Waals surface area (Å²) in [5.41, 5.74) is 3.45. The van der Waals surface area contributed by atoms with Crippen LogP contribution in [0.1, 0.15) is 23.1 Å². The monoisotopic (exact) mass is 397 g/mol. The molecule has 7 heteroatoms. The molecule has 6 nitrogen and oxygen atoms in total. The van der Waals surface area contributed by atoms with Crippen molar-refractivity contribution in [2.45, 2.75) is 32.9 Å². The van der Waals surface area contributed by atoms with Gasteiger partial charge in [-0.25, -0.2) is 4.79 Å². The molecule has 27 heavy (non-hydrogen) atoms. The molecule has 2 aliphatic rings. The number of likely N-dealkylation sites (tertiary alicyclic amines) is 1. The first kappa shape index (κ1) is 22.0. The van der Waals surface area contributed by atoms with E-state index in [-0.39, 0.29) is 25.0 Å². The molecule has 1 N–H and O–H groups in total. The Bertz CT molecular complexity index is 612. The molecule has 1 aromatic carbocycles. The lowest BCUT2D eigenvalue weighted by Gasteiger charge is -2.32. The average molecular weight is 398 g/mol. The Labute approximate surface area is 168 Å². The largest absolute Gasteiger partial charge is 0.481 e. The highest BCUT2D eigenvalue weighted by Gasteiger charge is 2.28. The molecule has 2 saturated heterocycles. The van der Waals surface area contributed by atoms with E-state index in [0.29, 0.717) is 6.04 Å². The van der Waals surface area contributed by atoms with Gasteiger partial charge >= 0.3 is 5.97 Å². The maximum atomic E-state index is 11.3. The molecule has 1 aromatic rings. The van der Waals surface area contributed by atoms with Crippen LogP contribution >= 0.6 is 12.4 Å². The van der Waals surface area contributed by atoms with Crippen LogP contribution in [-0.2, 0) is 16.1 Å². The minimum absolute atomic E-state index is 0. The predicted octanol–water partition coefficient (Wildman–Crippen LogP) is 1.76. The van der Waals surface area contributed by atoms with E-state index >= 15 is 0 Å². The lowest BCUT2D eigenvalue weighted by molar-refractivity contribution is -0.142. The Morgan fingerprint density at radius 3 is 2.48 bits per heavy atom. The van der Waals surface area contributed by atoms with Crippen LogP contribution in [0.15, 0.2) is 12.1 Å². The lowest BCUT2D eigenvalue weighted by Crippen LogP contribution is -2.49. The SMILES string of the molecule is COC(=O)COc1c(C)cc(CN2CCC(N3CCNCC3)C2)cc1C.Cl. The van der Waals surface area contributed by atoms with Gasteiger partial charge in [0.2, 0.25) is 0 Å². The van der Waals surface area contributed by atoms with E-state index in [1.165, 1.54) is 32.2 Å². The van der Waals surface area contributed by atoms with E-state index in [4.69, 9.17) is 4.74 Å². The fourth-order valence-corrected chi connectivity index (χ4v) is 4.11. The number of halogens is 1. The highest BCUT2D eigenvalue weighted by atomic mass is 35.5. The number of hydrogen-bond acceptors (Lipinski definition) is 6. The first-order valence-corrected chi connectivity index (χ1v) is 9.53. The van der Waals surface area contributed by atoms with Crippen molar-refractivity contribution >= 4 is 18.4 Å². The van der Waals surface area contributed by atoms with E-state index < -0.39 is 0 Å². The predicted molar refractivity (Wildman–Crippen MR) is 109 cm³/mol. The van der Waals surface area contributed by atoms with Crippen LogP contribution < -0.4 is 10.1 Å². The summed E-state index contributed by atoms with van der Waals surface area (Å²) in [6.07, 6.45) is 1.26. The first-order chi connectivity index (χ1) is 12.6. The first-order valence-electron chi connectivity index (χ1n) is 9.53. The van der Waals surface area contributed by atoms with Gasteiger partial charge in [-0.1, -0.05) is 12.1 Å². The summed E-state index contributed by atoms with van der Waals surface area (Å²) >= 11 is 0. The van der Waals surface area contributed by atoms with E-state index in [1.54, 1.807) is 0 Å². The smallest absolute Gasteiger partial charge is 0.343 e. The Kier molecular flexibility index (Phi) is 8.35. The molecule has 1 atom stereocenters. The zero-order valence-electron chi connectivity index (χ0n) is 16.6. The summed E-state index contributed by atoms with van der Waals surface area (Å²) in [4.78, 5) is 16.5. The van der Waals surface area contributed by atoms with Gasteiger partial charge < -0.3 is 14.8 Å². The lowest BCUT2D eigenvalue weighted by atomic mass is 10.1. The summed E-state index contributed by atoms with van der Waals surface area (Å²) in [7, 11) is 1.37. The van der Waals surface area contributed by atoms with E-state index in [0.717, 1.165) is 49.6 Å². The molecule has 2 heterocycles. The highest BCUT2D eigenvalue weighted by molar-refractivity contribution is 5.85. The van der Waals surface area contributed by atoms with E-state index in [2.05, 4.69) is 32.0 Å². The quantitative estimate of drug-likeness (QED) is 0.738. The van der Waals surface area contributed by atoms with Gasteiger partial charge in [0.25, 0.3) is 0 Å². The molecule has 1 unspecified atom stereocenters. The third kappa shape index (κ3) is 5.82. The molecule has 0 aromatic heterocycles. The second kappa shape index (κ2) is 10.3.